The largest absolute Gasteiger partial charge is 0.322 e. The SMILES string of the molecule is O=C(Nc1cccc(-n2cnnn2)c1)N1CCCC[C@H]1CCc1ccccn1. The molecule has 3 aromatic rings. The van der Waals surface area contributed by atoms with Gasteiger partial charge in [0.15, 0.2) is 0 Å². The van der Waals surface area contributed by atoms with Gasteiger partial charge in [-0.3, -0.25) is 4.98 Å². The van der Waals surface area contributed by atoms with Gasteiger partial charge < -0.3 is 10.2 Å². The van der Waals surface area contributed by atoms with Crippen LogP contribution < -0.4 is 5.32 Å². The molecule has 1 N–H and O–H groups in total. The lowest BCUT2D eigenvalue weighted by molar-refractivity contribution is 0.158. The Morgan fingerprint density at radius 2 is 2.14 bits per heavy atom. The van der Waals surface area contributed by atoms with E-state index in [9.17, 15) is 4.79 Å². The van der Waals surface area contributed by atoms with E-state index in [1.807, 2.05) is 53.6 Å². The van der Waals surface area contributed by atoms with E-state index >= 15 is 0 Å². The van der Waals surface area contributed by atoms with Gasteiger partial charge in [0.2, 0.25) is 0 Å². The Bertz CT molecular complexity index is 898. The Morgan fingerprint density at radius 1 is 1.18 bits per heavy atom. The first-order chi connectivity index (χ1) is 13.8. The average Bonchev–Trinajstić information content (AvgIpc) is 3.28. The maximum atomic E-state index is 12.9. The monoisotopic (exact) mass is 377 g/mol. The van der Waals surface area contributed by atoms with Crippen LogP contribution in [0.1, 0.15) is 31.4 Å². The Labute approximate surface area is 163 Å². The molecular weight excluding hydrogens is 354 g/mol. The van der Waals surface area contributed by atoms with E-state index in [4.69, 9.17) is 0 Å². The first kappa shape index (κ1) is 18.1. The summed E-state index contributed by atoms with van der Waals surface area (Å²) in [5.74, 6) is 0. The minimum Gasteiger partial charge on any atom is -0.322 e. The molecule has 3 heterocycles. The van der Waals surface area contributed by atoms with Crippen molar-refractivity contribution >= 4 is 11.7 Å². The van der Waals surface area contributed by atoms with Gasteiger partial charge in [0.25, 0.3) is 0 Å². The number of rotatable bonds is 5. The zero-order chi connectivity index (χ0) is 19.2. The van der Waals surface area contributed by atoms with Crippen molar-refractivity contribution in [3.8, 4) is 5.69 Å². The summed E-state index contributed by atoms with van der Waals surface area (Å²) in [6, 6.07) is 13.7. The van der Waals surface area contributed by atoms with Crippen molar-refractivity contribution in [3.63, 3.8) is 0 Å². The molecule has 0 saturated carbocycles. The van der Waals surface area contributed by atoms with Gasteiger partial charge in [-0.05, 0) is 72.9 Å². The van der Waals surface area contributed by atoms with E-state index in [1.54, 1.807) is 4.68 Å². The number of piperidine rings is 1. The van der Waals surface area contributed by atoms with E-state index < -0.39 is 0 Å². The highest BCUT2D eigenvalue weighted by Crippen LogP contribution is 2.23. The molecule has 0 radical (unpaired) electrons. The fraction of sp³-hybridized carbons (Fsp3) is 0.350. The third-order valence-corrected chi connectivity index (χ3v) is 5.06. The molecule has 144 valence electrons. The summed E-state index contributed by atoms with van der Waals surface area (Å²) < 4.78 is 1.56. The first-order valence-electron chi connectivity index (χ1n) is 9.60. The minimum absolute atomic E-state index is 0.0559. The number of hydrogen-bond acceptors (Lipinski definition) is 5. The van der Waals surface area contributed by atoms with Crippen LogP contribution in [0.4, 0.5) is 10.5 Å². The number of urea groups is 1. The van der Waals surface area contributed by atoms with Gasteiger partial charge in [0.1, 0.15) is 6.33 Å². The number of tetrazole rings is 1. The Balaban J connectivity index is 1.41. The van der Waals surface area contributed by atoms with Crippen LogP contribution >= 0.6 is 0 Å². The Morgan fingerprint density at radius 3 is 2.96 bits per heavy atom. The molecule has 4 rings (SSSR count). The van der Waals surface area contributed by atoms with Crippen molar-refractivity contribution in [1.29, 1.82) is 0 Å². The molecule has 28 heavy (non-hydrogen) atoms. The second kappa shape index (κ2) is 8.60. The molecule has 2 amide bonds. The van der Waals surface area contributed by atoms with Crippen molar-refractivity contribution in [2.75, 3.05) is 11.9 Å². The van der Waals surface area contributed by atoms with Gasteiger partial charge in [-0.15, -0.1) is 5.10 Å². The van der Waals surface area contributed by atoms with Gasteiger partial charge in [-0.25, -0.2) is 9.48 Å². The van der Waals surface area contributed by atoms with E-state index in [1.165, 1.54) is 6.33 Å². The molecule has 0 bridgehead atoms. The normalized spacial score (nSPS) is 16.7. The average molecular weight is 377 g/mol. The van der Waals surface area contributed by atoms with Crippen LogP contribution in [0, 0.1) is 0 Å². The highest BCUT2D eigenvalue weighted by Gasteiger charge is 2.26. The summed E-state index contributed by atoms with van der Waals surface area (Å²) >= 11 is 0. The van der Waals surface area contributed by atoms with Gasteiger partial charge in [-0.1, -0.05) is 12.1 Å². The number of pyridine rings is 1. The summed E-state index contributed by atoms with van der Waals surface area (Å²) in [7, 11) is 0. The molecule has 0 spiro atoms. The van der Waals surface area contributed by atoms with Crippen LogP contribution in [-0.2, 0) is 6.42 Å². The number of aryl methyl sites for hydroxylation is 1. The summed E-state index contributed by atoms with van der Waals surface area (Å²) in [5.41, 5.74) is 2.60. The molecule has 8 nitrogen and oxygen atoms in total. The van der Waals surface area contributed by atoms with Crippen molar-refractivity contribution < 1.29 is 4.79 Å². The number of nitrogens with zero attached hydrogens (tertiary/aromatic N) is 6. The highest BCUT2D eigenvalue weighted by atomic mass is 16.2. The number of hydrogen-bond donors (Lipinski definition) is 1. The molecular formula is C20H23N7O. The molecule has 0 aliphatic carbocycles. The molecule has 1 aromatic carbocycles. The van der Waals surface area contributed by atoms with E-state index in [2.05, 4.69) is 25.8 Å². The van der Waals surface area contributed by atoms with Crippen LogP contribution in [0.25, 0.3) is 5.69 Å². The molecule has 1 aliphatic heterocycles. The minimum atomic E-state index is -0.0559. The standard InChI is InChI=1S/C20H23N7O/c28-20(23-17-7-5-9-19(14-17)27-15-22-24-25-27)26-13-4-2-8-18(26)11-10-16-6-1-3-12-21-16/h1,3,5-7,9,12,14-15,18H,2,4,8,10-11,13H2,(H,23,28)/t18-/m0/s1. The second-order valence-corrected chi connectivity index (χ2v) is 6.94. The first-order valence-corrected chi connectivity index (χ1v) is 9.60. The third-order valence-electron chi connectivity index (χ3n) is 5.06. The zero-order valence-corrected chi connectivity index (χ0v) is 15.6. The molecule has 1 atom stereocenters. The van der Waals surface area contributed by atoms with Gasteiger partial charge in [0, 0.05) is 30.2 Å². The molecule has 1 fully saturated rings. The van der Waals surface area contributed by atoms with Crippen LogP contribution in [0.3, 0.4) is 0 Å². The van der Waals surface area contributed by atoms with E-state index in [-0.39, 0.29) is 12.1 Å². The van der Waals surface area contributed by atoms with Gasteiger partial charge >= 0.3 is 6.03 Å². The van der Waals surface area contributed by atoms with Crippen LogP contribution in [0.2, 0.25) is 0 Å². The smallest absolute Gasteiger partial charge is 0.322 e. The van der Waals surface area contributed by atoms with Crippen molar-refractivity contribution in [3.05, 3.63) is 60.7 Å². The topological polar surface area (TPSA) is 88.8 Å². The van der Waals surface area contributed by atoms with Gasteiger partial charge in [-0.2, -0.15) is 0 Å². The number of aromatic nitrogens is 5. The summed E-state index contributed by atoms with van der Waals surface area (Å²) in [6.07, 6.45) is 8.38. The van der Waals surface area contributed by atoms with Crippen LogP contribution in [0.15, 0.2) is 55.0 Å². The fourth-order valence-corrected chi connectivity index (χ4v) is 3.63. The lowest BCUT2D eigenvalue weighted by Crippen LogP contribution is -2.46. The van der Waals surface area contributed by atoms with E-state index in [0.29, 0.717) is 0 Å². The van der Waals surface area contributed by atoms with Crippen LogP contribution in [-0.4, -0.2) is 48.7 Å². The molecule has 0 unspecified atom stereocenters. The van der Waals surface area contributed by atoms with Crippen molar-refractivity contribution in [1.82, 2.24) is 30.1 Å². The lowest BCUT2D eigenvalue weighted by atomic mass is 9.97. The summed E-state index contributed by atoms with van der Waals surface area (Å²) in [6.45, 7) is 0.783. The Hall–Kier alpha value is -3.29. The van der Waals surface area contributed by atoms with Crippen LogP contribution in [0.5, 0.6) is 0 Å². The molecule has 1 saturated heterocycles. The summed E-state index contributed by atoms with van der Waals surface area (Å²) in [5, 5.41) is 14.2. The molecule has 2 aromatic heterocycles. The second-order valence-electron chi connectivity index (χ2n) is 6.94. The maximum absolute atomic E-state index is 12.9. The number of anilines is 1. The number of nitrogens with one attached hydrogen (secondary N) is 1. The number of benzene rings is 1. The van der Waals surface area contributed by atoms with Crippen molar-refractivity contribution in [2.45, 2.75) is 38.1 Å². The fourth-order valence-electron chi connectivity index (χ4n) is 3.63. The summed E-state index contributed by atoms with van der Waals surface area (Å²) in [4.78, 5) is 19.3. The molecule has 1 aliphatic rings. The quantitative estimate of drug-likeness (QED) is 0.738. The number of carbonyl (C=O) groups is 1. The van der Waals surface area contributed by atoms with Gasteiger partial charge in [0.05, 0.1) is 5.69 Å². The maximum Gasteiger partial charge on any atom is 0.322 e. The van der Waals surface area contributed by atoms with Crippen molar-refractivity contribution in [2.24, 2.45) is 0 Å². The van der Waals surface area contributed by atoms with E-state index in [0.717, 1.165) is 55.7 Å². The molecule has 8 heteroatoms. The lowest BCUT2D eigenvalue weighted by Gasteiger charge is -2.35. The number of likely N-dealkylation sites (tertiary alicyclic amines) is 1. The number of carbonyl (C=O) groups excluding carboxylic acids is 1. The predicted octanol–water partition coefficient (Wildman–Crippen LogP) is 3.08. The predicted molar refractivity (Wildman–Crippen MR) is 105 cm³/mol. The highest BCUT2D eigenvalue weighted by molar-refractivity contribution is 5.89. The Kier molecular flexibility index (Phi) is 5.56. The number of amides is 2. The zero-order valence-electron chi connectivity index (χ0n) is 15.6. The third kappa shape index (κ3) is 4.33.